The highest BCUT2D eigenvalue weighted by Gasteiger charge is 2.27. The van der Waals surface area contributed by atoms with Crippen molar-refractivity contribution in [2.75, 3.05) is 26.2 Å². The van der Waals surface area contributed by atoms with Crippen LogP contribution < -0.4 is 0 Å². The first-order valence-electron chi connectivity index (χ1n) is 8.40. The fraction of sp³-hybridized carbons (Fsp3) is 0.750. The van der Waals surface area contributed by atoms with Crippen LogP contribution in [0, 0.1) is 12.8 Å². The van der Waals surface area contributed by atoms with Gasteiger partial charge in [0, 0.05) is 51.9 Å². The highest BCUT2D eigenvalue weighted by atomic mass is 16.4. The summed E-state index contributed by atoms with van der Waals surface area (Å²) in [5, 5.41) is 7.65. The van der Waals surface area contributed by atoms with Gasteiger partial charge < -0.3 is 14.2 Å². The molecular formula is C16H26N4O3. The van der Waals surface area contributed by atoms with Crippen molar-refractivity contribution in [2.45, 2.75) is 46.5 Å². The third-order valence-electron chi connectivity index (χ3n) is 4.40. The van der Waals surface area contributed by atoms with Crippen LogP contribution >= 0.6 is 0 Å². The Kier molecular flexibility index (Phi) is 6.12. The summed E-state index contributed by atoms with van der Waals surface area (Å²) in [7, 11) is 0. The molecule has 0 aromatic carbocycles. The Balaban J connectivity index is 1.77. The first-order valence-corrected chi connectivity index (χ1v) is 8.40. The van der Waals surface area contributed by atoms with Gasteiger partial charge in [-0.05, 0) is 12.8 Å². The minimum absolute atomic E-state index is 0.0792. The molecule has 0 radical (unpaired) electrons. The number of aromatic nitrogens is 2. The Morgan fingerprint density at radius 3 is 2.22 bits per heavy atom. The molecule has 1 aromatic rings. The van der Waals surface area contributed by atoms with Crippen LogP contribution in [0.15, 0.2) is 4.42 Å². The number of amides is 2. The molecule has 1 saturated heterocycles. The van der Waals surface area contributed by atoms with Crippen LogP contribution in [-0.2, 0) is 16.0 Å². The van der Waals surface area contributed by atoms with E-state index < -0.39 is 0 Å². The number of rotatable bonds is 6. The summed E-state index contributed by atoms with van der Waals surface area (Å²) in [6, 6.07) is 0. The molecule has 2 rings (SSSR count). The number of hydrogen-bond acceptors (Lipinski definition) is 5. The fourth-order valence-corrected chi connectivity index (χ4v) is 2.88. The number of piperazine rings is 1. The lowest BCUT2D eigenvalue weighted by molar-refractivity contribution is -0.142. The Morgan fingerprint density at radius 1 is 1.09 bits per heavy atom. The number of aryl methyl sites for hydroxylation is 2. The van der Waals surface area contributed by atoms with Crippen LogP contribution in [0.3, 0.4) is 0 Å². The van der Waals surface area contributed by atoms with Crippen molar-refractivity contribution >= 4 is 11.8 Å². The summed E-state index contributed by atoms with van der Waals surface area (Å²) in [4.78, 5) is 28.3. The highest BCUT2D eigenvalue weighted by Crippen LogP contribution is 2.14. The van der Waals surface area contributed by atoms with Gasteiger partial charge in [0.1, 0.15) is 0 Å². The molecule has 2 amide bonds. The number of nitrogens with zero attached hydrogens (tertiary/aromatic N) is 4. The Bertz CT molecular complexity index is 531. The molecule has 0 atom stereocenters. The van der Waals surface area contributed by atoms with Gasteiger partial charge in [-0.25, -0.2) is 0 Å². The maximum absolute atomic E-state index is 12.3. The van der Waals surface area contributed by atoms with Crippen molar-refractivity contribution in [1.29, 1.82) is 0 Å². The minimum atomic E-state index is 0.0792. The van der Waals surface area contributed by atoms with Crippen molar-refractivity contribution in [2.24, 2.45) is 5.92 Å². The average Bonchev–Trinajstić information content (AvgIpc) is 2.99. The molecule has 0 bridgehead atoms. The molecule has 1 aromatic heterocycles. The summed E-state index contributed by atoms with van der Waals surface area (Å²) in [5.74, 6) is 1.43. The maximum atomic E-state index is 12.3. The van der Waals surface area contributed by atoms with Gasteiger partial charge in [0.05, 0.1) is 0 Å². The van der Waals surface area contributed by atoms with Crippen molar-refractivity contribution in [3.05, 3.63) is 11.8 Å². The lowest BCUT2D eigenvalue weighted by atomic mass is 10.0. The van der Waals surface area contributed by atoms with E-state index in [1.807, 2.05) is 23.6 Å². The zero-order chi connectivity index (χ0) is 16.8. The van der Waals surface area contributed by atoms with E-state index in [1.54, 1.807) is 6.92 Å². The normalized spacial score (nSPS) is 15.3. The Hall–Kier alpha value is -1.92. The SMILES string of the molecule is CCC(CC)C(=O)N1CCN(C(=O)CCc2nnc(C)o2)CC1. The molecule has 7 heteroatoms. The molecular weight excluding hydrogens is 296 g/mol. The monoisotopic (exact) mass is 322 g/mol. The van der Waals surface area contributed by atoms with E-state index in [9.17, 15) is 9.59 Å². The second-order valence-corrected chi connectivity index (χ2v) is 5.93. The number of hydrogen-bond donors (Lipinski definition) is 0. The third kappa shape index (κ3) is 4.53. The summed E-state index contributed by atoms with van der Waals surface area (Å²) >= 11 is 0. The maximum Gasteiger partial charge on any atom is 0.225 e. The first-order chi connectivity index (χ1) is 11.0. The van der Waals surface area contributed by atoms with Crippen LogP contribution in [0.5, 0.6) is 0 Å². The van der Waals surface area contributed by atoms with E-state index >= 15 is 0 Å². The summed E-state index contributed by atoms with van der Waals surface area (Å²) in [6.45, 7) is 8.28. The lowest BCUT2D eigenvalue weighted by Crippen LogP contribution is -2.51. The van der Waals surface area contributed by atoms with E-state index in [2.05, 4.69) is 10.2 Å². The second-order valence-electron chi connectivity index (χ2n) is 5.93. The van der Waals surface area contributed by atoms with Crippen LogP contribution in [0.1, 0.15) is 44.9 Å². The van der Waals surface area contributed by atoms with Gasteiger partial charge in [0.15, 0.2) is 0 Å². The van der Waals surface area contributed by atoms with Crippen LogP contribution in [0.25, 0.3) is 0 Å². The van der Waals surface area contributed by atoms with Crippen molar-refractivity contribution in [1.82, 2.24) is 20.0 Å². The zero-order valence-corrected chi connectivity index (χ0v) is 14.2. The van der Waals surface area contributed by atoms with Crippen LogP contribution in [0.4, 0.5) is 0 Å². The van der Waals surface area contributed by atoms with Crippen molar-refractivity contribution in [3.8, 4) is 0 Å². The number of carbonyl (C=O) groups excluding carboxylic acids is 2. The molecule has 1 fully saturated rings. The van der Waals surface area contributed by atoms with E-state index in [4.69, 9.17) is 4.42 Å². The molecule has 23 heavy (non-hydrogen) atoms. The highest BCUT2D eigenvalue weighted by molar-refractivity contribution is 5.80. The molecule has 128 valence electrons. The van der Waals surface area contributed by atoms with E-state index in [-0.39, 0.29) is 17.7 Å². The van der Waals surface area contributed by atoms with Gasteiger partial charge in [0.2, 0.25) is 23.6 Å². The first kappa shape index (κ1) is 17.4. The van der Waals surface area contributed by atoms with Gasteiger partial charge >= 0.3 is 0 Å². The molecule has 0 unspecified atom stereocenters. The van der Waals surface area contributed by atoms with Gasteiger partial charge in [-0.3, -0.25) is 9.59 Å². The van der Waals surface area contributed by atoms with E-state index in [0.29, 0.717) is 50.8 Å². The summed E-state index contributed by atoms with van der Waals surface area (Å²) < 4.78 is 5.27. The van der Waals surface area contributed by atoms with Crippen molar-refractivity contribution < 1.29 is 14.0 Å². The molecule has 7 nitrogen and oxygen atoms in total. The molecule has 1 aliphatic heterocycles. The number of carbonyl (C=O) groups is 2. The van der Waals surface area contributed by atoms with Gasteiger partial charge in [-0.1, -0.05) is 13.8 Å². The van der Waals surface area contributed by atoms with E-state index in [0.717, 1.165) is 12.8 Å². The third-order valence-corrected chi connectivity index (χ3v) is 4.40. The largest absolute Gasteiger partial charge is 0.426 e. The quantitative estimate of drug-likeness (QED) is 0.791. The van der Waals surface area contributed by atoms with Crippen LogP contribution in [0.2, 0.25) is 0 Å². The van der Waals surface area contributed by atoms with Crippen LogP contribution in [-0.4, -0.2) is 58.0 Å². The van der Waals surface area contributed by atoms with Gasteiger partial charge in [0.25, 0.3) is 0 Å². The van der Waals surface area contributed by atoms with Gasteiger partial charge in [-0.15, -0.1) is 10.2 Å². The second kappa shape index (κ2) is 8.08. The molecule has 1 aliphatic rings. The predicted molar refractivity (Wildman–Crippen MR) is 84.6 cm³/mol. The average molecular weight is 322 g/mol. The standard InChI is InChI=1S/C16H26N4O3/c1-4-13(5-2)16(22)20-10-8-19(9-11-20)15(21)7-6-14-18-17-12(3)23-14/h13H,4-11H2,1-3H3. The Labute approximate surface area is 137 Å². The zero-order valence-electron chi connectivity index (χ0n) is 14.2. The Morgan fingerprint density at radius 2 is 1.70 bits per heavy atom. The molecule has 0 saturated carbocycles. The van der Waals surface area contributed by atoms with Gasteiger partial charge in [-0.2, -0.15) is 0 Å². The lowest BCUT2D eigenvalue weighted by Gasteiger charge is -2.36. The topological polar surface area (TPSA) is 79.5 Å². The van der Waals surface area contributed by atoms with E-state index in [1.165, 1.54) is 0 Å². The summed E-state index contributed by atoms with van der Waals surface area (Å²) in [6.07, 6.45) is 2.57. The molecule has 0 aliphatic carbocycles. The molecule has 0 spiro atoms. The molecule has 0 N–H and O–H groups in total. The molecule has 2 heterocycles. The fourth-order valence-electron chi connectivity index (χ4n) is 2.88. The summed E-state index contributed by atoms with van der Waals surface area (Å²) in [5.41, 5.74) is 0. The van der Waals surface area contributed by atoms with Crippen molar-refractivity contribution in [3.63, 3.8) is 0 Å². The minimum Gasteiger partial charge on any atom is -0.426 e. The smallest absolute Gasteiger partial charge is 0.225 e. The predicted octanol–water partition coefficient (Wildman–Crippen LogP) is 1.42.